The van der Waals surface area contributed by atoms with E-state index in [4.69, 9.17) is 4.74 Å². The van der Waals surface area contributed by atoms with Gasteiger partial charge in [-0.15, -0.1) is 0 Å². The highest BCUT2D eigenvalue weighted by molar-refractivity contribution is 5.88. The second-order valence-electron chi connectivity index (χ2n) is 9.27. The van der Waals surface area contributed by atoms with Gasteiger partial charge in [-0.3, -0.25) is 4.79 Å². The van der Waals surface area contributed by atoms with Crippen LogP contribution in [0.3, 0.4) is 0 Å². The van der Waals surface area contributed by atoms with Crippen LogP contribution >= 0.6 is 0 Å². The number of fused-ring (bicyclic) bond motifs is 1. The Labute approximate surface area is 199 Å². The van der Waals surface area contributed by atoms with Gasteiger partial charge in [0.25, 0.3) is 0 Å². The Kier molecular flexibility index (Phi) is 6.90. The van der Waals surface area contributed by atoms with Crippen molar-refractivity contribution >= 4 is 28.9 Å². The summed E-state index contributed by atoms with van der Waals surface area (Å²) in [6, 6.07) is 12.8. The first-order valence-corrected chi connectivity index (χ1v) is 11.4. The summed E-state index contributed by atoms with van der Waals surface area (Å²) in [5.74, 6) is 0.696. The Hall–Kier alpha value is -3.75. The number of nitrogens with zero attached hydrogens (tertiary/aromatic N) is 5. The maximum Gasteiger partial charge on any atom is 0.408 e. The number of anilines is 1. The summed E-state index contributed by atoms with van der Waals surface area (Å²) in [7, 11) is 0. The lowest BCUT2D eigenvalue weighted by Gasteiger charge is -2.37. The number of ether oxygens (including phenoxy) is 1. The van der Waals surface area contributed by atoms with Crippen molar-refractivity contribution in [3.05, 3.63) is 60.6 Å². The smallest absolute Gasteiger partial charge is 0.408 e. The third-order valence-electron chi connectivity index (χ3n) is 5.55. The molecule has 34 heavy (non-hydrogen) atoms. The molecule has 1 N–H and O–H groups in total. The minimum Gasteiger partial charge on any atom is -0.444 e. The minimum atomic E-state index is -0.715. The lowest BCUT2D eigenvalue weighted by molar-refractivity contribution is -0.133. The molecule has 0 bridgehead atoms. The Morgan fingerprint density at radius 2 is 1.74 bits per heavy atom. The summed E-state index contributed by atoms with van der Waals surface area (Å²) in [5.41, 5.74) is 0.969. The number of carbonyl (C=O) groups excluding carboxylic acids is 2. The van der Waals surface area contributed by atoms with Crippen LogP contribution in [0.25, 0.3) is 11.0 Å². The third-order valence-corrected chi connectivity index (χ3v) is 5.55. The molecule has 2 amide bonds. The lowest BCUT2D eigenvalue weighted by atomic mass is 10.0. The van der Waals surface area contributed by atoms with Gasteiger partial charge in [0.15, 0.2) is 5.65 Å². The highest BCUT2D eigenvalue weighted by atomic mass is 16.6. The molecular weight excluding hydrogens is 432 g/mol. The second kappa shape index (κ2) is 10.0. The van der Waals surface area contributed by atoms with Crippen LogP contribution < -0.4 is 10.2 Å². The highest BCUT2D eigenvalue weighted by Gasteiger charge is 2.31. The highest BCUT2D eigenvalue weighted by Crippen LogP contribution is 2.22. The Morgan fingerprint density at radius 1 is 1.00 bits per heavy atom. The zero-order valence-electron chi connectivity index (χ0n) is 19.8. The average Bonchev–Trinajstić information content (AvgIpc) is 2.82. The van der Waals surface area contributed by atoms with Crippen molar-refractivity contribution in [3.63, 3.8) is 0 Å². The molecule has 0 spiro atoms. The standard InChI is InChI=1S/C25H30N6O3/c1-25(2,3)34-24(33)29-20(16-18-8-5-4-6-9-18)23(32)31-14-12-30(13-15-31)22-19-10-7-11-26-21(19)27-17-28-22/h4-11,17,20H,12-16H2,1-3H3,(H,29,33). The topological polar surface area (TPSA) is 101 Å². The van der Waals surface area contributed by atoms with Crippen molar-refractivity contribution in [2.45, 2.75) is 38.8 Å². The van der Waals surface area contributed by atoms with E-state index in [0.29, 0.717) is 38.2 Å². The van der Waals surface area contributed by atoms with Crippen molar-refractivity contribution in [3.8, 4) is 0 Å². The fourth-order valence-electron chi connectivity index (χ4n) is 3.99. The van der Waals surface area contributed by atoms with Crippen LogP contribution in [0.5, 0.6) is 0 Å². The number of piperazine rings is 1. The summed E-state index contributed by atoms with van der Waals surface area (Å²) in [4.78, 5) is 42.9. The maximum atomic E-state index is 13.5. The molecule has 1 saturated heterocycles. The number of rotatable bonds is 5. The quantitative estimate of drug-likeness (QED) is 0.622. The van der Waals surface area contributed by atoms with Gasteiger partial charge in [0, 0.05) is 38.8 Å². The van der Waals surface area contributed by atoms with Crippen LogP contribution in [0.2, 0.25) is 0 Å². The number of alkyl carbamates (subject to hydrolysis) is 1. The van der Waals surface area contributed by atoms with E-state index >= 15 is 0 Å². The summed E-state index contributed by atoms with van der Waals surface area (Å²) in [5, 5.41) is 3.68. The van der Waals surface area contributed by atoms with Gasteiger partial charge < -0.3 is 19.9 Å². The molecule has 1 aliphatic rings. The van der Waals surface area contributed by atoms with Gasteiger partial charge in [0.05, 0.1) is 5.39 Å². The van der Waals surface area contributed by atoms with Crippen molar-refractivity contribution in [1.82, 2.24) is 25.2 Å². The predicted octanol–water partition coefficient (Wildman–Crippen LogP) is 2.81. The van der Waals surface area contributed by atoms with E-state index in [-0.39, 0.29) is 5.91 Å². The van der Waals surface area contributed by atoms with E-state index in [1.54, 1.807) is 31.9 Å². The maximum absolute atomic E-state index is 13.5. The van der Waals surface area contributed by atoms with Crippen LogP contribution in [0, 0.1) is 0 Å². The molecule has 0 radical (unpaired) electrons. The van der Waals surface area contributed by atoms with Gasteiger partial charge in [0.2, 0.25) is 5.91 Å². The van der Waals surface area contributed by atoms with Crippen molar-refractivity contribution < 1.29 is 14.3 Å². The number of hydrogen-bond donors (Lipinski definition) is 1. The number of pyridine rings is 1. The van der Waals surface area contributed by atoms with Crippen LogP contribution in [0.4, 0.5) is 10.6 Å². The van der Waals surface area contributed by atoms with Crippen molar-refractivity contribution in [2.24, 2.45) is 0 Å². The van der Waals surface area contributed by atoms with Crippen molar-refractivity contribution in [1.29, 1.82) is 0 Å². The first-order chi connectivity index (χ1) is 16.3. The molecule has 1 atom stereocenters. The lowest BCUT2D eigenvalue weighted by Crippen LogP contribution is -2.56. The second-order valence-corrected chi connectivity index (χ2v) is 9.27. The fourth-order valence-corrected chi connectivity index (χ4v) is 3.99. The Morgan fingerprint density at radius 3 is 2.44 bits per heavy atom. The molecule has 0 saturated carbocycles. The van der Waals surface area contributed by atoms with Gasteiger partial charge >= 0.3 is 6.09 Å². The monoisotopic (exact) mass is 462 g/mol. The van der Waals surface area contributed by atoms with Crippen LogP contribution in [0.1, 0.15) is 26.3 Å². The van der Waals surface area contributed by atoms with Crippen LogP contribution in [0.15, 0.2) is 55.0 Å². The van der Waals surface area contributed by atoms with Crippen LogP contribution in [-0.2, 0) is 16.0 Å². The number of hydrogen-bond acceptors (Lipinski definition) is 7. The van der Waals surface area contributed by atoms with E-state index in [1.165, 1.54) is 6.33 Å². The molecular formula is C25H30N6O3. The normalized spacial score (nSPS) is 15.1. The molecule has 1 aliphatic heterocycles. The van der Waals surface area contributed by atoms with Gasteiger partial charge in [-0.2, -0.15) is 0 Å². The third kappa shape index (κ3) is 5.78. The van der Waals surface area contributed by atoms with Gasteiger partial charge in [0.1, 0.15) is 23.8 Å². The summed E-state index contributed by atoms with van der Waals surface area (Å²) in [6.07, 6.45) is 3.02. The zero-order valence-corrected chi connectivity index (χ0v) is 19.8. The minimum absolute atomic E-state index is 0.122. The Balaban J connectivity index is 1.45. The van der Waals surface area contributed by atoms with E-state index in [1.807, 2.05) is 42.5 Å². The number of amides is 2. The zero-order chi connectivity index (χ0) is 24.1. The molecule has 9 nitrogen and oxygen atoms in total. The molecule has 1 unspecified atom stereocenters. The van der Waals surface area contributed by atoms with E-state index in [9.17, 15) is 9.59 Å². The first kappa shape index (κ1) is 23.4. The van der Waals surface area contributed by atoms with Gasteiger partial charge in [-0.25, -0.2) is 19.7 Å². The number of nitrogens with one attached hydrogen (secondary N) is 1. The van der Waals surface area contributed by atoms with Crippen LogP contribution in [-0.4, -0.2) is 69.7 Å². The molecule has 4 rings (SSSR count). The van der Waals surface area contributed by atoms with Gasteiger partial charge in [-0.1, -0.05) is 30.3 Å². The first-order valence-electron chi connectivity index (χ1n) is 11.4. The number of aromatic nitrogens is 3. The molecule has 3 heterocycles. The summed E-state index contributed by atoms with van der Waals surface area (Å²) >= 11 is 0. The molecule has 178 valence electrons. The largest absolute Gasteiger partial charge is 0.444 e. The van der Waals surface area contributed by atoms with Crippen molar-refractivity contribution in [2.75, 3.05) is 31.1 Å². The van der Waals surface area contributed by atoms with E-state index < -0.39 is 17.7 Å². The molecule has 0 aliphatic carbocycles. The molecule has 2 aromatic heterocycles. The SMILES string of the molecule is CC(C)(C)OC(=O)NC(Cc1ccccc1)C(=O)N1CCN(c2ncnc3ncccc23)CC1. The number of carbonyl (C=O) groups is 2. The van der Waals surface area contributed by atoms with E-state index in [2.05, 4.69) is 25.2 Å². The fraction of sp³-hybridized carbons (Fsp3) is 0.400. The molecule has 3 aromatic rings. The Bertz CT molecular complexity index is 1130. The van der Waals surface area contributed by atoms with E-state index in [0.717, 1.165) is 16.8 Å². The number of benzene rings is 1. The summed E-state index contributed by atoms with van der Waals surface area (Å²) in [6.45, 7) is 7.68. The molecule has 1 aromatic carbocycles. The molecule has 1 fully saturated rings. The van der Waals surface area contributed by atoms with Gasteiger partial charge in [-0.05, 0) is 38.5 Å². The average molecular weight is 463 g/mol. The summed E-state index contributed by atoms with van der Waals surface area (Å²) < 4.78 is 5.41. The molecule has 9 heteroatoms. The predicted molar refractivity (Wildman–Crippen MR) is 129 cm³/mol.